The predicted octanol–water partition coefficient (Wildman–Crippen LogP) is 3.71. The molecule has 1 aromatic carbocycles. The number of hydrogen-bond donors (Lipinski definition) is 1. The fourth-order valence-corrected chi connectivity index (χ4v) is 5.32. The van der Waals surface area contributed by atoms with Crippen molar-refractivity contribution in [1.29, 1.82) is 0 Å². The lowest BCUT2D eigenvalue weighted by atomic mass is 10.1. The number of piperazine rings is 1. The monoisotopic (exact) mass is 496 g/mol. The van der Waals surface area contributed by atoms with Gasteiger partial charge in [-0.05, 0) is 61.7 Å². The van der Waals surface area contributed by atoms with Gasteiger partial charge in [0.1, 0.15) is 5.39 Å². The third-order valence-corrected chi connectivity index (χ3v) is 7.50. The van der Waals surface area contributed by atoms with E-state index in [0.717, 1.165) is 50.4 Å². The summed E-state index contributed by atoms with van der Waals surface area (Å²) in [6, 6.07) is 12.4. The van der Waals surface area contributed by atoms with Gasteiger partial charge < -0.3 is 15.1 Å². The van der Waals surface area contributed by atoms with Gasteiger partial charge in [-0.15, -0.1) is 6.58 Å². The highest BCUT2D eigenvalue weighted by atomic mass is 16.1. The van der Waals surface area contributed by atoms with Crippen molar-refractivity contribution in [1.82, 2.24) is 29.2 Å². The second-order valence-corrected chi connectivity index (χ2v) is 10.0. The third-order valence-electron chi connectivity index (χ3n) is 7.50. The van der Waals surface area contributed by atoms with Crippen molar-refractivity contribution in [2.24, 2.45) is 0 Å². The van der Waals surface area contributed by atoms with Gasteiger partial charge in [0, 0.05) is 49.4 Å². The summed E-state index contributed by atoms with van der Waals surface area (Å²) < 4.78 is 3.42. The van der Waals surface area contributed by atoms with E-state index in [1.807, 2.05) is 18.2 Å². The maximum Gasteiger partial charge on any atom is 0.278 e. The first-order chi connectivity index (χ1) is 18.0. The van der Waals surface area contributed by atoms with Gasteiger partial charge in [-0.2, -0.15) is 4.98 Å². The van der Waals surface area contributed by atoms with E-state index in [-0.39, 0.29) is 5.56 Å². The Bertz CT molecular complexity index is 1510. The Hall–Kier alpha value is -3.98. The van der Waals surface area contributed by atoms with Gasteiger partial charge in [-0.3, -0.25) is 4.79 Å². The molecular weight excluding hydrogens is 464 g/mol. The summed E-state index contributed by atoms with van der Waals surface area (Å²) in [6.45, 7) is 10.6. The molecule has 4 aromatic rings. The zero-order chi connectivity index (χ0) is 25.5. The first kappa shape index (κ1) is 23.4. The van der Waals surface area contributed by atoms with E-state index in [4.69, 9.17) is 9.97 Å². The topological polar surface area (TPSA) is 84.1 Å². The summed E-state index contributed by atoms with van der Waals surface area (Å²) in [7, 11) is 2.16. The number of aryl methyl sites for hydroxylation is 1. The van der Waals surface area contributed by atoms with Crippen molar-refractivity contribution in [3.8, 4) is 5.82 Å². The normalized spacial score (nSPS) is 17.8. The number of hydrogen-bond acceptors (Lipinski definition) is 7. The average Bonchev–Trinajstić information content (AvgIpc) is 3.41. The lowest BCUT2D eigenvalue weighted by Gasteiger charge is -2.34. The minimum absolute atomic E-state index is 0.159. The fraction of sp³-hybridized carbons (Fsp3) is 0.357. The molecule has 0 unspecified atom stereocenters. The van der Waals surface area contributed by atoms with Crippen LogP contribution in [0.15, 0.2) is 60.0 Å². The van der Waals surface area contributed by atoms with Crippen LogP contribution in [0.4, 0.5) is 17.3 Å². The Morgan fingerprint density at radius 1 is 1.08 bits per heavy atom. The molecule has 9 nitrogen and oxygen atoms in total. The van der Waals surface area contributed by atoms with Gasteiger partial charge in [0.25, 0.3) is 5.56 Å². The molecule has 0 saturated carbocycles. The van der Waals surface area contributed by atoms with Crippen LogP contribution in [0.3, 0.4) is 0 Å². The number of aromatic nitrogens is 5. The number of likely N-dealkylation sites (N-methyl/N-ethyl adjacent to an activating group) is 1. The molecule has 2 aliphatic rings. The van der Waals surface area contributed by atoms with Crippen LogP contribution in [-0.4, -0.2) is 62.4 Å². The van der Waals surface area contributed by atoms with E-state index in [0.29, 0.717) is 35.3 Å². The fourth-order valence-electron chi connectivity index (χ4n) is 5.32. The Balaban J connectivity index is 1.34. The molecule has 1 saturated heterocycles. The van der Waals surface area contributed by atoms with E-state index in [1.165, 1.54) is 11.3 Å². The second-order valence-electron chi connectivity index (χ2n) is 10.0. The van der Waals surface area contributed by atoms with Crippen molar-refractivity contribution < 1.29 is 0 Å². The van der Waals surface area contributed by atoms with Crippen molar-refractivity contribution in [2.45, 2.75) is 32.2 Å². The molecule has 1 fully saturated rings. The lowest BCUT2D eigenvalue weighted by Crippen LogP contribution is -2.44. The second kappa shape index (κ2) is 9.48. The van der Waals surface area contributed by atoms with Crippen molar-refractivity contribution in [3.05, 3.63) is 76.9 Å². The standard InChI is InChI=1S/C28H32N8O/c1-4-13-35-27(37)23-18-29-28(30-21-8-10-22(11-9-21)34-16-14-33(3)15-17-34)32-26(23)36(35)24-12-7-20-6-5-19(2)25(20)31-24/h4,7-12,18-19H,1,5-6,13-17H2,2-3H3,(H,29,30,32)/t19-/m0/s1. The summed E-state index contributed by atoms with van der Waals surface area (Å²) in [5, 5.41) is 3.76. The quantitative estimate of drug-likeness (QED) is 0.408. The van der Waals surface area contributed by atoms with Crippen molar-refractivity contribution in [3.63, 3.8) is 0 Å². The summed E-state index contributed by atoms with van der Waals surface area (Å²) in [5.74, 6) is 1.51. The molecule has 0 radical (unpaired) electrons. The highest BCUT2D eigenvalue weighted by Crippen LogP contribution is 2.32. The number of rotatable bonds is 6. The van der Waals surface area contributed by atoms with Crippen LogP contribution in [0.25, 0.3) is 16.9 Å². The molecule has 190 valence electrons. The molecule has 1 aliphatic carbocycles. The number of nitrogens with zero attached hydrogens (tertiary/aromatic N) is 7. The van der Waals surface area contributed by atoms with Gasteiger partial charge in [0.2, 0.25) is 5.95 Å². The smallest absolute Gasteiger partial charge is 0.278 e. The predicted molar refractivity (Wildman–Crippen MR) is 147 cm³/mol. The molecule has 0 amide bonds. The zero-order valence-corrected chi connectivity index (χ0v) is 21.4. The Morgan fingerprint density at radius 3 is 2.62 bits per heavy atom. The van der Waals surface area contributed by atoms with Crippen LogP contribution in [0.5, 0.6) is 0 Å². The molecule has 3 aromatic heterocycles. The number of benzene rings is 1. The van der Waals surface area contributed by atoms with Gasteiger partial charge >= 0.3 is 0 Å². The Kier molecular flexibility index (Phi) is 6.00. The Morgan fingerprint density at radius 2 is 1.86 bits per heavy atom. The van der Waals surface area contributed by atoms with Crippen LogP contribution in [0.2, 0.25) is 0 Å². The van der Waals surface area contributed by atoms with E-state index in [1.54, 1.807) is 21.6 Å². The minimum Gasteiger partial charge on any atom is -0.369 e. The number of pyridine rings is 1. The summed E-state index contributed by atoms with van der Waals surface area (Å²) >= 11 is 0. The van der Waals surface area contributed by atoms with Crippen LogP contribution >= 0.6 is 0 Å². The molecular formula is C28H32N8O. The summed E-state index contributed by atoms with van der Waals surface area (Å²) in [6.07, 6.45) is 5.44. The van der Waals surface area contributed by atoms with Crippen LogP contribution in [0.1, 0.15) is 30.5 Å². The number of anilines is 3. The molecule has 37 heavy (non-hydrogen) atoms. The van der Waals surface area contributed by atoms with Gasteiger partial charge in [0.05, 0.1) is 6.54 Å². The molecule has 0 bridgehead atoms. The van der Waals surface area contributed by atoms with E-state index < -0.39 is 0 Å². The highest BCUT2D eigenvalue weighted by Gasteiger charge is 2.23. The van der Waals surface area contributed by atoms with Crippen LogP contribution in [-0.2, 0) is 13.0 Å². The average molecular weight is 497 g/mol. The zero-order valence-electron chi connectivity index (χ0n) is 21.4. The van der Waals surface area contributed by atoms with Crippen LogP contribution < -0.4 is 15.8 Å². The third kappa shape index (κ3) is 4.29. The lowest BCUT2D eigenvalue weighted by molar-refractivity contribution is 0.313. The summed E-state index contributed by atoms with van der Waals surface area (Å²) in [4.78, 5) is 32.2. The van der Waals surface area contributed by atoms with Crippen molar-refractivity contribution in [2.75, 3.05) is 43.4 Å². The highest BCUT2D eigenvalue weighted by molar-refractivity contribution is 5.77. The van der Waals surface area contributed by atoms with Crippen molar-refractivity contribution >= 4 is 28.4 Å². The largest absolute Gasteiger partial charge is 0.369 e. The first-order valence-corrected chi connectivity index (χ1v) is 12.9. The van der Waals surface area contributed by atoms with E-state index in [9.17, 15) is 4.79 Å². The maximum absolute atomic E-state index is 13.2. The van der Waals surface area contributed by atoms with E-state index in [2.05, 4.69) is 58.9 Å². The van der Waals surface area contributed by atoms with E-state index >= 15 is 0 Å². The van der Waals surface area contributed by atoms with Gasteiger partial charge in [0.15, 0.2) is 11.5 Å². The minimum atomic E-state index is -0.159. The Labute approximate surface area is 216 Å². The van der Waals surface area contributed by atoms with Gasteiger partial charge in [-0.1, -0.05) is 19.1 Å². The molecule has 1 aliphatic heterocycles. The maximum atomic E-state index is 13.2. The molecule has 4 heterocycles. The summed E-state index contributed by atoms with van der Waals surface area (Å²) in [5.41, 5.74) is 4.85. The SMILES string of the molecule is C=CCn1c(=O)c2cnc(Nc3ccc(N4CCN(C)CC4)cc3)nc2n1-c1ccc2c(n1)[C@@H](C)CC2. The molecule has 9 heteroatoms. The van der Waals surface area contributed by atoms with Gasteiger partial charge in [-0.25, -0.2) is 19.3 Å². The molecule has 0 spiro atoms. The number of allylic oxidation sites excluding steroid dienone is 1. The molecule has 6 rings (SSSR count). The molecule has 1 N–H and O–H groups in total. The molecule has 1 atom stereocenters. The number of nitrogens with one attached hydrogen (secondary N) is 1. The first-order valence-electron chi connectivity index (χ1n) is 12.9. The number of fused-ring (bicyclic) bond motifs is 2. The van der Waals surface area contributed by atoms with Crippen LogP contribution in [0, 0.1) is 0 Å².